The van der Waals surface area contributed by atoms with E-state index in [-0.39, 0.29) is 12.5 Å². The molecule has 1 unspecified atom stereocenters. The van der Waals surface area contributed by atoms with Gasteiger partial charge in [-0.3, -0.25) is 14.3 Å². The molecule has 2 aromatic rings. The number of nitrogens with zero attached hydrogens (tertiary/aromatic N) is 4. The summed E-state index contributed by atoms with van der Waals surface area (Å²) in [6.07, 6.45) is 2.03. The summed E-state index contributed by atoms with van der Waals surface area (Å²) in [5.41, 5.74) is 2.03. The quantitative estimate of drug-likeness (QED) is 0.884. The first-order valence-electron chi connectivity index (χ1n) is 6.79. The Hall–Kier alpha value is -2.44. The van der Waals surface area contributed by atoms with Crippen LogP contribution in [-0.2, 0) is 11.8 Å². The second-order valence-electron chi connectivity index (χ2n) is 5.38. The molecule has 1 aliphatic rings. The summed E-state index contributed by atoms with van der Waals surface area (Å²) in [6.45, 7) is 2.60. The van der Waals surface area contributed by atoms with Crippen LogP contribution >= 0.6 is 0 Å². The van der Waals surface area contributed by atoms with Crippen LogP contribution in [0.25, 0.3) is 11.0 Å². The summed E-state index contributed by atoms with van der Waals surface area (Å²) in [6, 6.07) is 1.78. The second-order valence-corrected chi connectivity index (χ2v) is 5.38. The lowest BCUT2D eigenvalue weighted by Gasteiger charge is -2.15. The normalized spacial score (nSPS) is 18.4. The fourth-order valence-corrected chi connectivity index (χ4v) is 2.75. The molecule has 7 nitrogen and oxygen atoms in total. The number of fused-ring (bicyclic) bond motifs is 1. The van der Waals surface area contributed by atoms with Crippen molar-refractivity contribution in [3.63, 3.8) is 0 Å². The Morgan fingerprint density at radius 1 is 1.43 bits per heavy atom. The molecule has 1 fully saturated rings. The molecule has 7 heteroatoms. The zero-order valence-electron chi connectivity index (χ0n) is 11.9. The van der Waals surface area contributed by atoms with Gasteiger partial charge in [-0.2, -0.15) is 5.10 Å². The van der Waals surface area contributed by atoms with Crippen molar-refractivity contribution in [1.29, 1.82) is 0 Å². The van der Waals surface area contributed by atoms with Crippen molar-refractivity contribution in [1.82, 2.24) is 19.7 Å². The van der Waals surface area contributed by atoms with E-state index >= 15 is 0 Å². The molecule has 3 heterocycles. The SMILES string of the molecule is Cc1nn(C)c2ncc(C(=O)N3CCC(C(=O)O)C3)cc12. The molecule has 1 aliphatic heterocycles. The third kappa shape index (κ3) is 2.24. The third-order valence-electron chi connectivity index (χ3n) is 3.93. The van der Waals surface area contributed by atoms with Crippen molar-refractivity contribution >= 4 is 22.9 Å². The number of amides is 1. The van der Waals surface area contributed by atoms with Crippen LogP contribution < -0.4 is 0 Å². The van der Waals surface area contributed by atoms with Gasteiger partial charge >= 0.3 is 5.97 Å². The summed E-state index contributed by atoms with van der Waals surface area (Å²) < 4.78 is 1.68. The molecule has 0 bridgehead atoms. The number of aromatic nitrogens is 3. The maximum absolute atomic E-state index is 12.4. The van der Waals surface area contributed by atoms with Crippen molar-refractivity contribution in [2.24, 2.45) is 13.0 Å². The lowest BCUT2D eigenvalue weighted by molar-refractivity contribution is -0.141. The van der Waals surface area contributed by atoms with Crippen LogP contribution in [0.1, 0.15) is 22.5 Å². The van der Waals surface area contributed by atoms with Gasteiger partial charge in [0.25, 0.3) is 5.91 Å². The van der Waals surface area contributed by atoms with Crippen LogP contribution in [0.15, 0.2) is 12.3 Å². The summed E-state index contributed by atoms with van der Waals surface area (Å²) in [7, 11) is 1.81. The summed E-state index contributed by atoms with van der Waals surface area (Å²) in [5, 5.41) is 14.1. The lowest BCUT2D eigenvalue weighted by Crippen LogP contribution is -2.30. The number of rotatable bonds is 2. The second kappa shape index (κ2) is 4.83. The molecule has 0 saturated carbocycles. The molecular formula is C14H16N4O3. The van der Waals surface area contributed by atoms with E-state index in [1.807, 2.05) is 14.0 Å². The van der Waals surface area contributed by atoms with Crippen LogP contribution in [-0.4, -0.2) is 49.7 Å². The number of aliphatic carboxylic acids is 1. The van der Waals surface area contributed by atoms with E-state index in [9.17, 15) is 9.59 Å². The highest BCUT2D eigenvalue weighted by atomic mass is 16.4. The van der Waals surface area contributed by atoms with Crippen LogP contribution in [0.2, 0.25) is 0 Å². The molecule has 110 valence electrons. The molecule has 0 aromatic carbocycles. The predicted molar refractivity (Wildman–Crippen MR) is 74.9 cm³/mol. The number of carbonyl (C=O) groups is 2. The maximum Gasteiger partial charge on any atom is 0.308 e. The Morgan fingerprint density at radius 3 is 2.86 bits per heavy atom. The van der Waals surface area contributed by atoms with Gasteiger partial charge in [0.1, 0.15) is 0 Å². The first-order chi connectivity index (χ1) is 9.97. The van der Waals surface area contributed by atoms with Crippen molar-refractivity contribution in [3.05, 3.63) is 23.5 Å². The highest BCUT2D eigenvalue weighted by Crippen LogP contribution is 2.21. The smallest absolute Gasteiger partial charge is 0.308 e. The van der Waals surface area contributed by atoms with Gasteiger partial charge in [-0.25, -0.2) is 4.98 Å². The predicted octanol–water partition coefficient (Wildman–Crippen LogP) is 0.823. The Morgan fingerprint density at radius 2 is 2.19 bits per heavy atom. The van der Waals surface area contributed by atoms with Crippen molar-refractivity contribution < 1.29 is 14.7 Å². The Balaban J connectivity index is 1.88. The van der Waals surface area contributed by atoms with Crippen LogP contribution in [0.4, 0.5) is 0 Å². The van der Waals surface area contributed by atoms with Gasteiger partial charge in [-0.05, 0) is 19.4 Å². The fraction of sp³-hybridized carbons (Fsp3) is 0.429. The first-order valence-corrected chi connectivity index (χ1v) is 6.79. The highest BCUT2D eigenvalue weighted by Gasteiger charge is 2.31. The van der Waals surface area contributed by atoms with Crippen LogP contribution in [0.3, 0.4) is 0 Å². The minimum atomic E-state index is -0.845. The molecule has 1 N–H and O–H groups in total. The Kier molecular flexibility index (Phi) is 3.12. The standard InChI is InChI=1S/C14H16N4O3/c1-8-11-5-10(6-15-12(11)17(2)16-8)13(19)18-4-3-9(7-18)14(20)21/h5-6,9H,3-4,7H2,1-2H3,(H,20,21). The number of aryl methyl sites for hydroxylation is 2. The van der Waals surface area contributed by atoms with Gasteiger partial charge in [-0.1, -0.05) is 0 Å². The molecule has 3 rings (SSSR count). The van der Waals surface area contributed by atoms with E-state index in [1.165, 1.54) is 6.20 Å². The number of pyridine rings is 1. The van der Waals surface area contributed by atoms with Crippen molar-refractivity contribution in [3.8, 4) is 0 Å². The number of carbonyl (C=O) groups excluding carboxylic acids is 1. The molecule has 1 saturated heterocycles. The van der Waals surface area contributed by atoms with E-state index in [0.29, 0.717) is 18.5 Å². The first kappa shape index (κ1) is 13.5. The molecule has 2 aromatic heterocycles. The Bertz CT molecular complexity index is 737. The largest absolute Gasteiger partial charge is 0.481 e. The molecule has 1 atom stereocenters. The molecule has 21 heavy (non-hydrogen) atoms. The van der Waals surface area contributed by atoms with E-state index in [0.717, 1.165) is 16.7 Å². The van der Waals surface area contributed by atoms with E-state index < -0.39 is 11.9 Å². The molecule has 0 spiro atoms. The van der Waals surface area contributed by atoms with Gasteiger partial charge in [0.05, 0.1) is 17.2 Å². The zero-order chi connectivity index (χ0) is 15.1. The minimum absolute atomic E-state index is 0.170. The van der Waals surface area contributed by atoms with Gasteiger partial charge in [0.15, 0.2) is 5.65 Å². The Labute approximate surface area is 121 Å². The van der Waals surface area contributed by atoms with E-state index in [1.54, 1.807) is 15.6 Å². The zero-order valence-corrected chi connectivity index (χ0v) is 11.9. The lowest BCUT2D eigenvalue weighted by atomic mass is 10.1. The average molecular weight is 288 g/mol. The van der Waals surface area contributed by atoms with Crippen molar-refractivity contribution in [2.45, 2.75) is 13.3 Å². The average Bonchev–Trinajstić information content (AvgIpc) is 3.04. The van der Waals surface area contributed by atoms with Gasteiger partial charge in [0, 0.05) is 31.7 Å². The summed E-state index contributed by atoms with van der Waals surface area (Å²) in [4.78, 5) is 29.3. The third-order valence-corrected chi connectivity index (χ3v) is 3.93. The molecule has 0 aliphatic carbocycles. The number of hydrogen-bond acceptors (Lipinski definition) is 4. The van der Waals surface area contributed by atoms with Gasteiger partial charge in [-0.15, -0.1) is 0 Å². The summed E-state index contributed by atoms with van der Waals surface area (Å²) >= 11 is 0. The van der Waals surface area contributed by atoms with Crippen molar-refractivity contribution in [2.75, 3.05) is 13.1 Å². The number of likely N-dealkylation sites (tertiary alicyclic amines) is 1. The minimum Gasteiger partial charge on any atom is -0.481 e. The van der Waals surface area contributed by atoms with Crippen LogP contribution in [0.5, 0.6) is 0 Å². The molecule has 1 amide bonds. The van der Waals surface area contributed by atoms with Gasteiger partial charge in [0.2, 0.25) is 0 Å². The highest BCUT2D eigenvalue weighted by molar-refractivity contribution is 5.97. The maximum atomic E-state index is 12.4. The fourth-order valence-electron chi connectivity index (χ4n) is 2.75. The van der Waals surface area contributed by atoms with Gasteiger partial charge < -0.3 is 10.0 Å². The topological polar surface area (TPSA) is 88.3 Å². The number of carboxylic acids is 1. The molecule has 0 radical (unpaired) electrons. The van der Waals surface area contributed by atoms with E-state index in [4.69, 9.17) is 5.11 Å². The molecular weight excluding hydrogens is 272 g/mol. The van der Waals surface area contributed by atoms with E-state index in [2.05, 4.69) is 10.1 Å². The number of carboxylic acid groups (broad SMARTS) is 1. The summed E-state index contributed by atoms with van der Waals surface area (Å²) in [5.74, 6) is -1.48. The monoisotopic (exact) mass is 288 g/mol. The number of hydrogen-bond donors (Lipinski definition) is 1. The van der Waals surface area contributed by atoms with Crippen LogP contribution in [0, 0.1) is 12.8 Å².